The van der Waals surface area contributed by atoms with Crippen molar-refractivity contribution in [3.8, 4) is 0 Å². The molecule has 0 atom stereocenters. The molecule has 0 unspecified atom stereocenters. The highest BCUT2D eigenvalue weighted by Gasteiger charge is 2.11. The van der Waals surface area contributed by atoms with Gasteiger partial charge in [0.05, 0.1) is 17.6 Å². The van der Waals surface area contributed by atoms with Crippen molar-refractivity contribution < 1.29 is 0 Å². The van der Waals surface area contributed by atoms with Gasteiger partial charge in [-0.1, -0.05) is 0 Å². The standard InChI is InChI=1S/C15H21N5S/c1-10-9-21-15-18-12(3)14(20(10)15)8-16-6-4-5-13-7-17-19-11(13)2/h7,9,16H,4-6,8H2,1-3H3,(H,17,19). The average molecular weight is 303 g/mol. The maximum absolute atomic E-state index is 4.61. The van der Waals surface area contributed by atoms with Gasteiger partial charge in [0.1, 0.15) is 0 Å². The minimum absolute atomic E-state index is 0.870. The molecule has 0 aliphatic rings. The van der Waals surface area contributed by atoms with Crippen molar-refractivity contribution in [2.75, 3.05) is 6.54 Å². The number of nitrogens with zero attached hydrogens (tertiary/aromatic N) is 3. The molecule has 3 heterocycles. The molecule has 0 saturated carbocycles. The normalized spacial score (nSPS) is 11.6. The van der Waals surface area contributed by atoms with E-state index in [0.717, 1.165) is 36.6 Å². The van der Waals surface area contributed by atoms with Crippen molar-refractivity contribution in [1.82, 2.24) is 24.9 Å². The zero-order valence-corrected chi connectivity index (χ0v) is 13.5. The second-order valence-corrected chi connectivity index (χ2v) is 6.28. The maximum atomic E-state index is 4.61. The molecular weight excluding hydrogens is 282 g/mol. The fourth-order valence-electron chi connectivity index (χ4n) is 2.61. The van der Waals surface area contributed by atoms with Crippen LogP contribution in [0.4, 0.5) is 0 Å². The van der Waals surface area contributed by atoms with Crippen LogP contribution in [-0.4, -0.2) is 26.1 Å². The lowest BCUT2D eigenvalue weighted by atomic mass is 10.1. The molecule has 3 aromatic heterocycles. The third-order valence-corrected chi connectivity index (χ3v) is 4.80. The second kappa shape index (κ2) is 5.99. The zero-order valence-electron chi connectivity index (χ0n) is 12.7. The highest BCUT2D eigenvalue weighted by molar-refractivity contribution is 7.15. The van der Waals surface area contributed by atoms with Crippen molar-refractivity contribution in [3.05, 3.63) is 39.9 Å². The Bertz CT molecular complexity index is 736. The molecule has 3 rings (SSSR count). The fraction of sp³-hybridized carbons (Fsp3) is 0.467. The molecule has 2 N–H and O–H groups in total. The SMILES string of the molecule is Cc1nc2scc(C)n2c1CNCCCc1cn[nH]c1C. The monoisotopic (exact) mass is 303 g/mol. The highest BCUT2D eigenvalue weighted by atomic mass is 32.1. The van der Waals surface area contributed by atoms with Gasteiger partial charge in [0, 0.05) is 23.3 Å². The summed E-state index contributed by atoms with van der Waals surface area (Å²) < 4.78 is 2.26. The maximum Gasteiger partial charge on any atom is 0.194 e. The van der Waals surface area contributed by atoms with Crippen LogP contribution in [0.3, 0.4) is 0 Å². The summed E-state index contributed by atoms with van der Waals surface area (Å²) in [5.74, 6) is 0. The number of hydrogen-bond donors (Lipinski definition) is 2. The van der Waals surface area contributed by atoms with Crippen LogP contribution in [0, 0.1) is 20.8 Å². The Labute approximate surface area is 128 Å². The van der Waals surface area contributed by atoms with E-state index < -0.39 is 0 Å². The summed E-state index contributed by atoms with van der Waals surface area (Å²) in [4.78, 5) is 5.71. The summed E-state index contributed by atoms with van der Waals surface area (Å²) >= 11 is 1.71. The van der Waals surface area contributed by atoms with Crippen LogP contribution in [0.25, 0.3) is 4.96 Å². The Morgan fingerprint density at radius 3 is 2.95 bits per heavy atom. The first-order valence-electron chi connectivity index (χ1n) is 7.28. The molecule has 0 aromatic carbocycles. The number of rotatable bonds is 6. The lowest BCUT2D eigenvalue weighted by Crippen LogP contribution is -2.17. The molecule has 3 aromatic rings. The van der Waals surface area contributed by atoms with Gasteiger partial charge in [-0.25, -0.2) is 4.98 Å². The van der Waals surface area contributed by atoms with Gasteiger partial charge < -0.3 is 5.32 Å². The first-order chi connectivity index (χ1) is 10.2. The van der Waals surface area contributed by atoms with Crippen LogP contribution >= 0.6 is 11.3 Å². The zero-order chi connectivity index (χ0) is 14.8. The van der Waals surface area contributed by atoms with E-state index in [-0.39, 0.29) is 0 Å². The molecule has 0 fully saturated rings. The molecule has 112 valence electrons. The molecule has 21 heavy (non-hydrogen) atoms. The van der Waals surface area contributed by atoms with Crippen LogP contribution < -0.4 is 5.32 Å². The van der Waals surface area contributed by atoms with Crippen molar-refractivity contribution in [2.45, 2.75) is 40.2 Å². The molecule has 0 aliphatic heterocycles. The number of H-pyrrole nitrogens is 1. The Hall–Kier alpha value is -1.66. The van der Waals surface area contributed by atoms with Crippen molar-refractivity contribution in [2.24, 2.45) is 0 Å². The quantitative estimate of drug-likeness (QED) is 0.688. The minimum atomic E-state index is 0.870. The lowest BCUT2D eigenvalue weighted by molar-refractivity contribution is 0.634. The fourth-order valence-corrected chi connectivity index (χ4v) is 3.54. The van der Waals surface area contributed by atoms with E-state index in [1.165, 1.54) is 22.6 Å². The van der Waals surface area contributed by atoms with Gasteiger partial charge in [0.15, 0.2) is 4.96 Å². The summed E-state index contributed by atoms with van der Waals surface area (Å²) in [6.07, 6.45) is 4.10. The predicted molar refractivity (Wildman–Crippen MR) is 85.9 cm³/mol. The van der Waals surface area contributed by atoms with Gasteiger partial charge in [-0.3, -0.25) is 9.50 Å². The second-order valence-electron chi connectivity index (χ2n) is 5.44. The molecule has 0 aliphatic carbocycles. The van der Waals surface area contributed by atoms with E-state index in [0.29, 0.717) is 0 Å². The van der Waals surface area contributed by atoms with E-state index in [1.54, 1.807) is 11.3 Å². The van der Waals surface area contributed by atoms with Crippen molar-refractivity contribution in [3.63, 3.8) is 0 Å². The minimum Gasteiger partial charge on any atom is -0.311 e. The molecule has 5 nitrogen and oxygen atoms in total. The summed E-state index contributed by atoms with van der Waals surface area (Å²) in [6, 6.07) is 0. The number of nitrogens with one attached hydrogen (secondary N) is 2. The number of imidazole rings is 1. The molecular formula is C15H21N5S. The third kappa shape index (κ3) is 2.87. The van der Waals surface area contributed by atoms with Gasteiger partial charge in [0.25, 0.3) is 0 Å². The summed E-state index contributed by atoms with van der Waals surface area (Å²) in [7, 11) is 0. The number of fused-ring (bicyclic) bond motifs is 1. The number of aromatic amines is 1. The topological polar surface area (TPSA) is 58.0 Å². The van der Waals surface area contributed by atoms with E-state index >= 15 is 0 Å². The van der Waals surface area contributed by atoms with Crippen LogP contribution in [0.1, 0.15) is 34.8 Å². The number of thiazole rings is 1. The number of aryl methyl sites for hydroxylation is 4. The van der Waals surface area contributed by atoms with Crippen LogP contribution in [-0.2, 0) is 13.0 Å². The molecule has 0 radical (unpaired) electrons. The first kappa shape index (κ1) is 14.3. The Morgan fingerprint density at radius 2 is 2.19 bits per heavy atom. The number of hydrogen-bond acceptors (Lipinski definition) is 4. The Kier molecular flexibility index (Phi) is 4.07. The summed E-state index contributed by atoms with van der Waals surface area (Å²) in [5.41, 5.74) is 6.17. The van der Waals surface area contributed by atoms with Crippen molar-refractivity contribution >= 4 is 16.3 Å². The van der Waals surface area contributed by atoms with Crippen LogP contribution in [0.2, 0.25) is 0 Å². The van der Waals surface area contributed by atoms with E-state index in [9.17, 15) is 0 Å². The van der Waals surface area contributed by atoms with Crippen LogP contribution in [0.5, 0.6) is 0 Å². The van der Waals surface area contributed by atoms with Crippen LogP contribution in [0.15, 0.2) is 11.6 Å². The Morgan fingerprint density at radius 1 is 1.33 bits per heavy atom. The van der Waals surface area contributed by atoms with Crippen molar-refractivity contribution in [1.29, 1.82) is 0 Å². The Balaban J connectivity index is 1.54. The molecule has 0 spiro atoms. The molecule has 0 bridgehead atoms. The van der Waals surface area contributed by atoms with Gasteiger partial charge in [-0.2, -0.15) is 5.10 Å². The van der Waals surface area contributed by atoms with E-state index in [4.69, 9.17) is 0 Å². The summed E-state index contributed by atoms with van der Waals surface area (Å²) in [5, 5.41) is 12.7. The average Bonchev–Trinajstić information content (AvgIpc) is 3.10. The molecule has 0 amide bonds. The molecule has 0 saturated heterocycles. The highest BCUT2D eigenvalue weighted by Crippen LogP contribution is 2.20. The lowest BCUT2D eigenvalue weighted by Gasteiger charge is -2.06. The van der Waals surface area contributed by atoms with Gasteiger partial charge in [0.2, 0.25) is 0 Å². The van der Waals surface area contributed by atoms with E-state index in [2.05, 4.69) is 51.1 Å². The van der Waals surface area contributed by atoms with Gasteiger partial charge >= 0.3 is 0 Å². The predicted octanol–water partition coefficient (Wildman–Crippen LogP) is 2.77. The van der Waals surface area contributed by atoms with E-state index in [1.807, 2.05) is 6.20 Å². The third-order valence-electron chi connectivity index (χ3n) is 3.86. The largest absolute Gasteiger partial charge is 0.311 e. The summed E-state index contributed by atoms with van der Waals surface area (Å²) in [6.45, 7) is 8.16. The number of aromatic nitrogens is 4. The first-order valence-corrected chi connectivity index (χ1v) is 8.16. The van der Waals surface area contributed by atoms with Gasteiger partial charge in [-0.05, 0) is 45.7 Å². The van der Waals surface area contributed by atoms with Gasteiger partial charge in [-0.15, -0.1) is 11.3 Å². The smallest absolute Gasteiger partial charge is 0.194 e. The molecule has 6 heteroatoms.